The van der Waals surface area contributed by atoms with Crippen molar-refractivity contribution in [1.29, 1.82) is 21.0 Å². The second-order valence-electron chi connectivity index (χ2n) is 4.74. The van der Waals surface area contributed by atoms with Gasteiger partial charge in [0.05, 0.1) is 63.5 Å². The maximum atomic E-state index is 8.79. The van der Waals surface area contributed by atoms with E-state index in [0.717, 1.165) is 0 Å². The van der Waals surface area contributed by atoms with Crippen molar-refractivity contribution in [3.05, 3.63) is 0 Å². The van der Waals surface area contributed by atoms with Gasteiger partial charge in [0.1, 0.15) is 0 Å². The molecule has 0 saturated heterocycles. The zero-order chi connectivity index (χ0) is 15.8. The minimum atomic E-state index is -0.406. The van der Waals surface area contributed by atoms with Crippen molar-refractivity contribution in [3.63, 3.8) is 0 Å². The van der Waals surface area contributed by atoms with E-state index in [2.05, 4.69) is 12.1 Å². The molecular weight excluding hydrogens is 268 g/mol. The highest BCUT2D eigenvalue weighted by molar-refractivity contribution is 4.87. The van der Waals surface area contributed by atoms with E-state index in [9.17, 15) is 0 Å². The largest absolute Gasteiger partial charge is 0.380 e. The van der Waals surface area contributed by atoms with Crippen molar-refractivity contribution in [1.82, 2.24) is 0 Å². The van der Waals surface area contributed by atoms with Gasteiger partial charge in [0.2, 0.25) is 0 Å². The van der Waals surface area contributed by atoms with E-state index in [1.54, 1.807) is 0 Å². The summed E-state index contributed by atoms with van der Waals surface area (Å²) < 4.78 is 11.0. The van der Waals surface area contributed by atoms with Crippen molar-refractivity contribution in [2.75, 3.05) is 26.4 Å². The standard InChI is InChI=1S/C15H20N4O2/c16-7-1-5-15(6-2-8-17,13-20-11-3-9-18)14-21-12-4-10-19/h1-6,11-14H2. The molecule has 0 amide bonds. The first-order valence-corrected chi connectivity index (χ1v) is 6.88. The Hall–Kier alpha value is -2.12. The van der Waals surface area contributed by atoms with Crippen LogP contribution in [-0.4, -0.2) is 26.4 Å². The molecule has 0 N–H and O–H groups in total. The van der Waals surface area contributed by atoms with Gasteiger partial charge in [-0.1, -0.05) is 0 Å². The number of rotatable bonds is 12. The lowest BCUT2D eigenvalue weighted by atomic mass is 9.80. The van der Waals surface area contributed by atoms with Crippen LogP contribution in [0, 0.1) is 50.7 Å². The summed E-state index contributed by atoms with van der Waals surface area (Å²) in [6.07, 6.45) is 2.47. The maximum absolute atomic E-state index is 8.79. The highest BCUT2D eigenvalue weighted by Gasteiger charge is 2.30. The molecular formula is C15H20N4O2. The molecule has 0 aromatic heterocycles. The Kier molecular flexibility index (Phi) is 11.6. The van der Waals surface area contributed by atoms with Crippen LogP contribution in [-0.2, 0) is 9.47 Å². The Labute approximate surface area is 126 Å². The highest BCUT2D eigenvalue weighted by Crippen LogP contribution is 2.31. The van der Waals surface area contributed by atoms with Crippen LogP contribution in [0.4, 0.5) is 0 Å². The molecule has 0 bridgehead atoms. The van der Waals surface area contributed by atoms with Crippen molar-refractivity contribution < 1.29 is 9.47 Å². The van der Waals surface area contributed by atoms with Crippen molar-refractivity contribution in [2.45, 2.75) is 38.5 Å². The third-order valence-corrected chi connectivity index (χ3v) is 3.07. The predicted octanol–water partition coefficient (Wildman–Crippen LogP) is 2.44. The predicted molar refractivity (Wildman–Crippen MR) is 74.2 cm³/mol. The van der Waals surface area contributed by atoms with E-state index >= 15 is 0 Å². The number of hydrogen-bond donors (Lipinski definition) is 0. The van der Waals surface area contributed by atoms with Crippen LogP contribution in [0.3, 0.4) is 0 Å². The molecule has 0 unspecified atom stereocenters. The third-order valence-electron chi connectivity index (χ3n) is 3.07. The van der Waals surface area contributed by atoms with Crippen LogP contribution in [0.2, 0.25) is 0 Å². The lowest BCUT2D eigenvalue weighted by Gasteiger charge is -2.32. The van der Waals surface area contributed by atoms with Gasteiger partial charge in [-0.3, -0.25) is 0 Å². The number of nitrogens with zero attached hydrogens (tertiary/aromatic N) is 4. The minimum absolute atomic E-state index is 0.307. The van der Waals surface area contributed by atoms with Gasteiger partial charge in [-0.15, -0.1) is 0 Å². The summed E-state index contributed by atoms with van der Waals surface area (Å²) >= 11 is 0. The molecule has 0 saturated carbocycles. The molecule has 0 aromatic carbocycles. The number of nitriles is 4. The van der Waals surface area contributed by atoms with E-state index in [-0.39, 0.29) is 0 Å². The van der Waals surface area contributed by atoms with Crippen LogP contribution >= 0.6 is 0 Å². The smallest absolute Gasteiger partial charge is 0.0645 e. The molecule has 6 nitrogen and oxygen atoms in total. The van der Waals surface area contributed by atoms with Gasteiger partial charge < -0.3 is 9.47 Å². The summed E-state index contributed by atoms with van der Waals surface area (Å²) in [7, 11) is 0. The maximum Gasteiger partial charge on any atom is 0.0645 e. The molecule has 0 aliphatic heterocycles. The lowest BCUT2D eigenvalue weighted by molar-refractivity contribution is -0.0286. The molecule has 0 heterocycles. The molecule has 112 valence electrons. The van der Waals surface area contributed by atoms with Crippen LogP contribution < -0.4 is 0 Å². The van der Waals surface area contributed by atoms with Gasteiger partial charge in [-0.2, -0.15) is 21.0 Å². The zero-order valence-electron chi connectivity index (χ0n) is 12.2. The fourth-order valence-corrected chi connectivity index (χ4v) is 1.91. The van der Waals surface area contributed by atoms with Crippen molar-refractivity contribution in [2.24, 2.45) is 5.41 Å². The molecule has 0 rings (SSSR count). The summed E-state index contributed by atoms with van der Waals surface area (Å²) in [5.41, 5.74) is -0.406. The van der Waals surface area contributed by atoms with Gasteiger partial charge in [-0.25, -0.2) is 0 Å². The summed E-state index contributed by atoms with van der Waals surface area (Å²) in [5, 5.41) is 34.6. The highest BCUT2D eigenvalue weighted by atomic mass is 16.5. The lowest BCUT2D eigenvalue weighted by Crippen LogP contribution is -2.33. The summed E-state index contributed by atoms with van der Waals surface area (Å²) in [6.45, 7) is 1.36. The normalized spacial score (nSPS) is 10.1. The fourth-order valence-electron chi connectivity index (χ4n) is 1.91. The Balaban J connectivity index is 4.61. The molecule has 0 radical (unpaired) electrons. The monoisotopic (exact) mass is 288 g/mol. The first kappa shape index (κ1) is 18.9. The molecule has 0 spiro atoms. The van der Waals surface area contributed by atoms with Gasteiger partial charge >= 0.3 is 0 Å². The van der Waals surface area contributed by atoms with Crippen molar-refractivity contribution >= 4 is 0 Å². The molecule has 0 atom stereocenters. The third kappa shape index (κ3) is 9.42. The van der Waals surface area contributed by atoms with Crippen LogP contribution in [0.5, 0.6) is 0 Å². The quantitative estimate of drug-likeness (QED) is 0.509. The average Bonchev–Trinajstić information content (AvgIpc) is 2.51. The average molecular weight is 288 g/mol. The molecule has 21 heavy (non-hydrogen) atoms. The van der Waals surface area contributed by atoms with E-state index in [1.807, 2.05) is 12.1 Å². The van der Waals surface area contributed by atoms with Gasteiger partial charge in [-0.05, 0) is 12.8 Å². The van der Waals surface area contributed by atoms with Gasteiger partial charge in [0, 0.05) is 18.3 Å². The van der Waals surface area contributed by atoms with E-state index < -0.39 is 5.41 Å². The Bertz CT molecular complexity index is 395. The second kappa shape index (κ2) is 12.9. The minimum Gasteiger partial charge on any atom is -0.380 e. The number of hydrogen-bond acceptors (Lipinski definition) is 6. The molecule has 0 aliphatic carbocycles. The SMILES string of the molecule is N#CCCOCC(CCC#N)(CCC#N)COCCC#N. The Morgan fingerprint density at radius 1 is 0.619 bits per heavy atom. The van der Waals surface area contributed by atoms with Crippen LogP contribution in [0.1, 0.15) is 38.5 Å². The summed E-state index contributed by atoms with van der Waals surface area (Å²) in [6, 6.07) is 8.21. The first-order valence-electron chi connectivity index (χ1n) is 6.88. The molecule has 0 fully saturated rings. The van der Waals surface area contributed by atoms with E-state index in [4.69, 9.17) is 30.5 Å². The van der Waals surface area contributed by atoms with Gasteiger partial charge in [0.15, 0.2) is 0 Å². The Morgan fingerprint density at radius 2 is 1.00 bits per heavy atom. The van der Waals surface area contributed by atoms with Crippen LogP contribution in [0.25, 0.3) is 0 Å². The Morgan fingerprint density at radius 3 is 1.33 bits per heavy atom. The molecule has 0 aliphatic rings. The fraction of sp³-hybridized carbons (Fsp3) is 0.733. The number of ether oxygens (including phenoxy) is 2. The van der Waals surface area contributed by atoms with E-state index in [1.165, 1.54) is 0 Å². The van der Waals surface area contributed by atoms with Gasteiger partial charge in [0.25, 0.3) is 0 Å². The summed E-state index contributed by atoms with van der Waals surface area (Å²) in [4.78, 5) is 0. The topological polar surface area (TPSA) is 114 Å². The second-order valence-corrected chi connectivity index (χ2v) is 4.74. The van der Waals surface area contributed by atoms with E-state index in [0.29, 0.717) is 65.0 Å². The van der Waals surface area contributed by atoms with Crippen molar-refractivity contribution in [3.8, 4) is 24.3 Å². The molecule has 0 aromatic rings. The van der Waals surface area contributed by atoms with Crippen LogP contribution in [0.15, 0.2) is 0 Å². The summed E-state index contributed by atoms with van der Waals surface area (Å²) in [5.74, 6) is 0. The first-order chi connectivity index (χ1) is 10.2. The molecule has 6 heteroatoms. The zero-order valence-corrected chi connectivity index (χ0v) is 12.2.